The number of methoxy groups -OCH3 is 1. The quantitative estimate of drug-likeness (QED) is 0.497. The molecule has 0 aliphatic rings. The normalized spacial score (nSPS) is 9.21. The minimum Gasteiger partial charge on any atom is -0.513 e. The predicted molar refractivity (Wildman–Crippen MR) is 43.8 cm³/mol. The summed E-state index contributed by atoms with van der Waals surface area (Å²) >= 11 is 0. The molecule has 1 rings (SSSR count). The molecule has 0 heterocycles. The van der Waals surface area contributed by atoms with E-state index in [9.17, 15) is 14.7 Å². The van der Waals surface area contributed by atoms with Crippen molar-refractivity contribution in [2.75, 3.05) is 7.11 Å². The minimum atomic E-state index is -1.72. The fourth-order valence-electron chi connectivity index (χ4n) is 0.924. The highest BCUT2D eigenvalue weighted by atomic mass is 16.7. The summed E-state index contributed by atoms with van der Waals surface area (Å²) in [6.07, 6.45) is -1.72. The zero-order valence-electron chi connectivity index (χ0n) is 7.35. The zero-order valence-corrected chi connectivity index (χ0v) is 7.35. The van der Waals surface area contributed by atoms with Crippen molar-refractivity contribution in [2.24, 2.45) is 0 Å². The van der Waals surface area contributed by atoms with Crippen LogP contribution in [0.1, 0.15) is 10.4 Å². The largest absolute Gasteiger partial charge is 0.513 e. The summed E-state index contributed by atoms with van der Waals surface area (Å²) in [7, 11) is 1.19. The lowest BCUT2D eigenvalue weighted by Gasteiger charge is -2.11. The van der Waals surface area contributed by atoms with Crippen LogP contribution in [0.4, 0.5) is 4.79 Å². The van der Waals surface area contributed by atoms with Crippen LogP contribution in [0.3, 0.4) is 0 Å². The summed E-state index contributed by atoms with van der Waals surface area (Å²) < 4.78 is 8.70. The van der Waals surface area contributed by atoms with Gasteiger partial charge >= 0.3 is 5.97 Å². The zero-order chi connectivity index (χ0) is 10.6. The Balaban J connectivity index is 3.02. The van der Waals surface area contributed by atoms with E-state index in [1.54, 1.807) is 6.07 Å². The number of hydrogen-bond acceptors (Lipinski definition) is 5. The number of carbonyl (C=O) groups excluding carboxylic acids is 2. The molecule has 0 bridgehead atoms. The molecule has 0 aromatic heterocycles. The topological polar surface area (TPSA) is 75.7 Å². The molecule has 0 amide bonds. The molecule has 0 radical (unpaired) electrons. The highest BCUT2D eigenvalue weighted by Gasteiger charge is 2.09. The molecule has 0 saturated heterocycles. The van der Waals surface area contributed by atoms with E-state index in [0.29, 0.717) is 0 Å². The van der Waals surface area contributed by atoms with E-state index in [4.69, 9.17) is 0 Å². The Morgan fingerprint density at radius 1 is 1.29 bits per heavy atom. The van der Waals surface area contributed by atoms with Crippen molar-refractivity contribution in [2.45, 2.75) is 0 Å². The standard InChI is InChI=1S/C9H8O5/c1-13-8(10)6-4-2-3-5-7(6)14-9(11)12/h2-5H,1H3,(H,11,12)/p-1. The van der Waals surface area contributed by atoms with Crippen LogP contribution in [0, 0.1) is 0 Å². The average molecular weight is 195 g/mol. The van der Waals surface area contributed by atoms with Gasteiger partial charge in [0.1, 0.15) is 0 Å². The van der Waals surface area contributed by atoms with Gasteiger partial charge in [-0.3, -0.25) is 0 Å². The number of benzene rings is 1. The van der Waals surface area contributed by atoms with Gasteiger partial charge in [0, 0.05) is 0 Å². The molecule has 0 N–H and O–H groups in total. The van der Waals surface area contributed by atoms with Crippen LogP contribution in [0.15, 0.2) is 24.3 Å². The molecule has 0 spiro atoms. The number of carbonyl (C=O) groups is 2. The summed E-state index contributed by atoms with van der Waals surface area (Å²) in [6.45, 7) is 0. The molecule has 5 nitrogen and oxygen atoms in total. The van der Waals surface area contributed by atoms with Crippen LogP contribution in [0.5, 0.6) is 5.75 Å². The highest BCUT2D eigenvalue weighted by molar-refractivity contribution is 5.92. The predicted octanol–water partition coefficient (Wildman–Crippen LogP) is 0.195. The van der Waals surface area contributed by atoms with Gasteiger partial charge in [0.05, 0.1) is 18.4 Å². The van der Waals surface area contributed by atoms with Gasteiger partial charge in [0.25, 0.3) is 6.16 Å². The number of carboxylic acid groups (broad SMARTS) is 1. The number of esters is 1. The van der Waals surface area contributed by atoms with Gasteiger partial charge < -0.3 is 19.4 Å². The second-order valence-electron chi connectivity index (χ2n) is 2.34. The number of rotatable bonds is 2. The van der Waals surface area contributed by atoms with Gasteiger partial charge in [0.15, 0.2) is 0 Å². The fourth-order valence-corrected chi connectivity index (χ4v) is 0.924. The Kier molecular flexibility index (Phi) is 3.06. The van der Waals surface area contributed by atoms with Gasteiger partial charge in [-0.05, 0) is 12.1 Å². The maximum atomic E-state index is 11.1. The second kappa shape index (κ2) is 4.27. The maximum absolute atomic E-state index is 11.1. The van der Waals surface area contributed by atoms with Crippen molar-refractivity contribution < 1.29 is 24.2 Å². The van der Waals surface area contributed by atoms with Crippen molar-refractivity contribution in [3.63, 3.8) is 0 Å². The lowest BCUT2D eigenvalue weighted by molar-refractivity contribution is -0.271. The first kappa shape index (κ1) is 10.0. The van der Waals surface area contributed by atoms with Gasteiger partial charge in [-0.15, -0.1) is 0 Å². The molecule has 1 aromatic carbocycles. The molecule has 74 valence electrons. The van der Waals surface area contributed by atoms with Crippen molar-refractivity contribution >= 4 is 12.1 Å². The monoisotopic (exact) mass is 195 g/mol. The SMILES string of the molecule is COC(=O)c1ccccc1OC(=O)[O-]. The smallest absolute Gasteiger partial charge is 0.339 e. The van der Waals surface area contributed by atoms with Crippen molar-refractivity contribution in [3.8, 4) is 5.75 Å². The Labute approximate surface area is 79.9 Å². The summed E-state index contributed by atoms with van der Waals surface area (Å²) in [6, 6.07) is 5.82. The molecule has 0 fully saturated rings. The highest BCUT2D eigenvalue weighted by Crippen LogP contribution is 2.18. The minimum absolute atomic E-state index is 0.0409. The number of ether oxygens (including phenoxy) is 2. The number of para-hydroxylation sites is 1. The van der Waals surface area contributed by atoms with Gasteiger partial charge in [-0.2, -0.15) is 0 Å². The Morgan fingerprint density at radius 3 is 2.50 bits per heavy atom. The summed E-state index contributed by atoms with van der Waals surface area (Å²) in [5, 5.41) is 10.1. The molecule has 0 atom stereocenters. The van der Waals surface area contributed by atoms with Crippen LogP contribution in [-0.4, -0.2) is 19.2 Å². The van der Waals surface area contributed by atoms with Gasteiger partial charge in [-0.1, -0.05) is 12.1 Å². The van der Waals surface area contributed by atoms with E-state index in [0.717, 1.165) is 0 Å². The lowest BCUT2D eigenvalue weighted by Crippen LogP contribution is -2.27. The first-order valence-corrected chi connectivity index (χ1v) is 3.71. The van der Waals surface area contributed by atoms with E-state index < -0.39 is 12.1 Å². The molecule has 5 heteroatoms. The fraction of sp³-hybridized carbons (Fsp3) is 0.111. The summed E-state index contributed by atoms with van der Waals surface area (Å²) in [5.41, 5.74) is 0.0409. The molecule has 0 aliphatic carbocycles. The van der Waals surface area contributed by atoms with E-state index in [-0.39, 0.29) is 11.3 Å². The van der Waals surface area contributed by atoms with Gasteiger partial charge in [0.2, 0.25) is 0 Å². The molecular weight excluding hydrogens is 188 g/mol. The van der Waals surface area contributed by atoms with E-state index in [1.165, 1.54) is 25.3 Å². The summed E-state index contributed by atoms with van der Waals surface area (Å²) in [4.78, 5) is 21.2. The Morgan fingerprint density at radius 2 is 1.93 bits per heavy atom. The molecule has 0 saturated carbocycles. The average Bonchev–Trinajstić information content (AvgIpc) is 2.16. The van der Waals surface area contributed by atoms with Crippen LogP contribution in [0.25, 0.3) is 0 Å². The first-order chi connectivity index (χ1) is 6.65. The van der Waals surface area contributed by atoms with Crippen LogP contribution < -0.4 is 9.84 Å². The third-order valence-electron chi connectivity index (χ3n) is 1.49. The molecule has 0 aliphatic heterocycles. The van der Waals surface area contributed by atoms with Crippen molar-refractivity contribution in [1.82, 2.24) is 0 Å². The first-order valence-electron chi connectivity index (χ1n) is 3.71. The Bertz CT molecular complexity index is 358. The molecular formula is C9H7O5-. The Hall–Kier alpha value is -2.04. The van der Waals surface area contributed by atoms with E-state index in [1.807, 2.05) is 0 Å². The second-order valence-corrected chi connectivity index (χ2v) is 2.34. The number of hydrogen-bond donors (Lipinski definition) is 0. The third kappa shape index (κ3) is 2.22. The third-order valence-corrected chi connectivity index (χ3v) is 1.49. The molecule has 0 unspecified atom stereocenters. The van der Waals surface area contributed by atoms with Crippen molar-refractivity contribution in [1.29, 1.82) is 0 Å². The van der Waals surface area contributed by atoms with Crippen LogP contribution in [-0.2, 0) is 4.74 Å². The van der Waals surface area contributed by atoms with E-state index in [2.05, 4.69) is 9.47 Å². The van der Waals surface area contributed by atoms with Crippen LogP contribution >= 0.6 is 0 Å². The molecule has 1 aromatic rings. The molecule has 14 heavy (non-hydrogen) atoms. The maximum Gasteiger partial charge on any atom is 0.339 e. The van der Waals surface area contributed by atoms with Crippen molar-refractivity contribution in [3.05, 3.63) is 29.8 Å². The van der Waals surface area contributed by atoms with Crippen LogP contribution in [0.2, 0.25) is 0 Å². The van der Waals surface area contributed by atoms with Gasteiger partial charge in [-0.25, -0.2) is 4.79 Å². The lowest BCUT2D eigenvalue weighted by atomic mass is 10.2. The summed E-state index contributed by atoms with van der Waals surface area (Å²) in [5.74, 6) is -0.763. The van der Waals surface area contributed by atoms with E-state index >= 15 is 0 Å².